The molecule has 0 aliphatic carbocycles. The quantitative estimate of drug-likeness (QED) is 0.884. The molecule has 3 rings (SSSR count). The third-order valence-corrected chi connectivity index (χ3v) is 3.40. The number of para-hydroxylation sites is 2. The van der Waals surface area contributed by atoms with Gasteiger partial charge in [-0.05, 0) is 23.8 Å². The Kier molecular flexibility index (Phi) is 3.70. The maximum Gasteiger partial charge on any atom is 0.0642 e. The summed E-state index contributed by atoms with van der Waals surface area (Å²) in [4.78, 5) is 5.45. The zero-order chi connectivity index (χ0) is 12.9. The molecule has 0 amide bonds. The van der Waals surface area contributed by atoms with E-state index in [4.69, 9.17) is 4.74 Å². The lowest BCUT2D eigenvalue weighted by Crippen LogP contribution is -2.36. The van der Waals surface area contributed by atoms with E-state index in [9.17, 15) is 0 Å². The number of hydrogen-bond donors (Lipinski definition) is 2. The van der Waals surface area contributed by atoms with Crippen LogP contribution in [-0.2, 0) is 11.3 Å². The van der Waals surface area contributed by atoms with Crippen molar-refractivity contribution in [3.05, 3.63) is 48.3 Å². The molecule has 4 nitrogen and oxygen atoms in total. The Hall–Kier alpha value is -1.94. The van der Waals surface area contributed by atoms with Crippen molar-refractivity contribution in [1.82, 2.24) is 4.98 Å². The molecule has 1 aliphatic rings. The van der Waals surface area contributed by atoms with E-state index in [1.54, 1.807) is 0 Å². The van der Waals surface area contributed by atoms with E-state index in [0.29, 0.717) is 0 Å². The predicted octanol–water partition coefficient (Wildman–Crippen LogP) is 2.46. The topological polar surface area (TPSA) is 40.3 Å². The van der Waals surface area contributed by atoms with Crippen LogP contribution in [0.25, 0.3) is 0 Å². The molecule has 2 heterocycles. The molecule has 0 spiro atoms. The van der Waals surface area contributed by atoms with E-state index in [-0.39, 0.29) is 0 Å². The zero-order valence-electron chi connectivity index (χ0n) is 10.9. The summed E-state index contributed by atoms with van der Waals surface area (Å²) in [7, 11) is 0. The van der Waals surface area contributed by atoms with Crippen LogP contribution < -0.4 is 10.2 Å². The summed E-state index contributed by atoms with van der Waals surface area (Å²) in [5, 5.41) is 3.51. The van der Waals surface area contributed by atoms with Crippen molar-refractivity contribution in [1.29, 1.82) is 0 Å². The Morgan fingerprint density at radius 3 is 2.79 bits per heavy atom. The van der Waals surface area contributed by atoms with Crippen LogP contribution in [0.4, 0.5) is 11.4 Å². The fraction of sp³-hybridized carbons (Fsp3) is 0.333. The number of aromatic nitrogens is 1. The maximum atomic E-state index is 5.41. The van der Waals surface area contributed by atoms with Crippen molar-refractivity contribution in [3.63, 3.8) is 0 Å². The van der Waals surface area contributed by atoms with E-state index in [1.807, 2.05) is 12.4 Å². The van der Waals surface area contributed by atoms with Crippen LogP contribution in [0.2, 0.25) is 0 Å². The van der Waals surface area contributed by atoms with E-state index in [0.717, 1.165) is 32.8 Å². The first-order valence-corrected chi connectivity index (χ1v) is 6.71. The van der Waals surface area contributed by atoms with E-state index in [2.05, 4.69) is 45.5 Å². The molecule has 19 heavy (non-hydrogen) atoms. The average molecular weight is 257 g/mol. The van der Waals surface area contributed by atoms with Crippen molar-refractivity contribution in [2.75, 3.05) is 36.5 Å². The Morgan fingerprint density at radius 2 is 2.00 bits per heavy atom. The number of nitrogens with one attached hydrogen (secondary N) is 2. The highest BCUT2D eigenvalue weighted by Crippen LogP contribution is 2.26. The molecule has 1 aromatic carbocycles. The van der Waals surface area contributed by atoms with Crippen molar-refractivity contribution in [2.24, 2.45) is 0 Å². The van der Waals surface area contributed by atoms with E-state index in [1.165, 1.54) is 16.9 Å². The summed E-state index contributed by atoms with van der Waals surface area (Å²) in [5.74, 6) is 0. The fourth-order valence-electron chi connectivity index (χ4n) is 2.37. The molecule has 0 unspecified atom stereocenters. The molecule has 0 bridgehead atoms. The summed E-state index contributed by atoms with van der Waals surface area (Å²) < 4.78 is 5.41. The highest BCUT2D eigenvalue weighted by molar-refractivity contribution is 5.70. The predicted molar refractivity (Wildman–Crippen MR) is 77.6 cm³/mol. The number of aromatic amines is 1. The van der Waals surface area contributed by atoms with Gasteiger partial charge in [0.15, 0.2) is 0 Å². The molecule has 0 atom stereocenters. The molecule has 0 saturated carbocycles. The van der Waals surface area contributed by atoms with Gasteiger partial charge in [-0.15, -0.1) is 0 Å². The number of rotatable bonds is 4. The molecule has 1 saturated heterocycles. The number of ether oxygens (including phenoxy) is 1. The molecule has 2 N–H and O–H groups in total. The number of anilines is 2. The second-order valence-corrected chi connectivity index (χ2v) is 4.69. The molecule has 1 aromatic heterocycles. The largest absolute Gasteiger partial charge is 0.379 e. The first-order valence-electron chi connectivity index (χ1n) is 6.71. The lowest BCUT2D eigenvalue weighted by molar-refractivity contribution is 0.123. The van der Waals surface area contributed by atoms with Gasteiger partial charge in [-0.2, -0.15) is 0 Å². The molecule has 1 aliphatic heterocycles. The molecular weight excluding hydrogens is 238 g/mol. The van der Waals surface area contributed by atoms with Gasteiger partial charge in [-0.1, -0.05) is 12.1 Å². The Labute approximate surface area is 113 Å². The smallest absolute Gasteiger partial charge is 0.0642 e. The molecule has 0 radical (unpaired) electrons. The van der Waals surface area contributed by atoms with Gasteiger partial charge in [0.2, 0.25) is 0 Å². The third-order valence-electron chi connectivity index (χ3n) is 3.40. The monoisotopic (exact) mass is 257 g/mol. The van der Waals surface area contributed by atoms with Gasteiger partial charge in [0.25, 0.3) is 0 Å². The Morgan fingerprint density at radius 1 is 1.16 bits per heavy atom. The van der Waals surface area contributed by atoms with Gasteiger partial charge in [0, 0.05) is 32.0 Å². The normalized spacial score (nSPS) is 15.5. The number of nitrogens with zero attached hydrogens (tertiary/aromatic N) is 1. The third kappa shape index (κ3) is 2.90. The van der Waals surface area contributed by atoms with Gasteiger partial charge in [-0.3, -0.25) is 0 Å². The highest BCUT2D eigenvalue weighted by Gasteiger charge is 2.14. The minimum atomic E-state index is 0.812. The number of morpholine rings is 1. The first kappa shape index (κ1) is 12.1. The average Bonchev–Trinajstić information content (AvgIpc) is 3.00. The van der Waals surface area contributed by atoms with E-state index < -0.39 is 0 Å². The lowest BCUT2D eigenvalue weighted by atomic mass is 10.2. The van der Waals surface area contributed by atoms with Crippen LogP contribution >= 0.6 is 0 Å². The van der Waals surface area contributed by atoms with Crippen LogP contribution in [0, 0.1) is 0 Å². The Bertz CT molecular complexity index is 504. The van der Waals surface area contributed by atoms with Crippen LogP contribution in [0.5, 0.6) is 0 Å². The van der Waals surface area contributed by atoms with Crippen LogP contribution in [0.3, 0.4) is 0 Å². The van der Waals surface area contributed by atoms with Gasteiger partial charge < -0.3 is 19.9 Å². The van der Waals surface area contributed by atoms with Crippen molar-refractivity contribution in [3.8, 4) is 0 Å². The second-order valence-electron chi connectivity index (χ2n) is 4.69. The zero-order valence-corrected chi connectivity index (χ0v) is 10.9. The van der Waals surface area contributed by atoms with Crippen molar-refractivity contribution < 1.29 is 4.74 Å². The number of H-pyrrole nitrogens is 1. The minimum absolute atomic E-state index is 0.812. The van der Waals surface area contributed by atoms with Crippen molar-refractivity contribution in [2.45, 2.75) is 6.54 Å². The second kappa shape index (κ2) is 5.80. The summed E-state index contributed by atoms with van der Waals surface area (Å²) in [6, 6.07) is 10.6. The van der Waals surface area contributed by atoms with Gasteiger partial charge in [0.05, 0.1) is 24.6 Å². The fourth-order valence-corrected chi connectivity index (χ4v) is 2.37. The van der Waals surface area contributed by atoms with Gasteiger partial charge in [0.1, 0.15) is 0 Å². The summed E-state index contributed by atoms with van der Waals surface area (Å²) in [6.07, 6.45) is 3.97. The molecule has 2 aromatic rings. The minimum Gasteiger partial charge on any atom is -0.379 e. The van der Waals surface area contributed by atoms with E-state index >= 15 is 0 Å². The SMILES string of the molecule is c1ccc(N2CCOCC2)c(NCc2cc[nH]c2)c1. The molecule has 100 valence electrons. The maximum absolute atomic E-state index is 5.41. The number of hydrogen-bond acceptors (Lipinski definition) is 3. The highest BCUT2D eigenvalue weighted by atomic mass is 16.5. The first-order chi connectivity index (χ1) is 9.43. The van der Waals surface area contributed by atoms with Gasteiger partial charge >= 0.3 is 0 Å². The summed E-state index contributed by atoms with van der Waals surface area (Å²) in [5.41, 5.74) is 3.71. The lowest BCUT2D eigenvalue weighted by Gasteiger charge is -2.30. The molecule has 1 fully saturated rings. The Balaban J connectivity index is 1.73. The molecule has 4 heteroatoms. The van der Waals surface area contributed by atoms with Crippen LogP contribution in [0.15, 0.2) is 42.7 Å². The molecular formula is C15H19N3O. The summed E-state index contributed by atoms with van der Waals surface area (Å²) in [6.45, 7) is 4.38. The standard InChI is InChI=1S/C15H19N3O/c1-2-4-15(18-7-9-19-10-8-18)14(3-1)17-12-13-5-6-16-11-13/h1-6,11,16-17H,7-10,12H2. The number of benzene rings is 1. The van der Waals surface area contributed by atoms with Gasteiger partial charge in [-0.25, -0.2) is 0 Å². The van der Waals surface area contributed by atoms with Crippen LogP contribution in [-0.4, -0.2) is 31.3 Å². The van der Waals surface area contributed by atoms with Crippen molar-refractivity contribution >= 4 is 11.4 Å². The van der Waals surface area contributed by atoms with Crippen LogP contribution in [0.1, 0.15) is 5.56 Å². The summed E-state index contributed by atoms with van der Waals surface area (Å²) >= 11 is 0.